The maximum absolute atomic E-state index is 14.5. The van der Waals surface area contributed by atoms with E-state index in [1.54, 1.807) is 0 Å². The summed E-state index contributed by atoms with van der Waals surface area (Å²) in [6, 6.07) is 2.63. The number of carboxylic acids is 1. The lowest BCUT2D eigenvalue weighted by Gasteiger charge is -2.14. The summed E-state index contributed by atoms with van der Waals surface area (Å²) >= 11 is 5.92. The fraction of sp³-hybridized carbons (Fsp3) is 0.286. The summed E-state index contributed by atoms with van der Waals surface area (Å²) in [7, 11) is 1.52. The van der Waals surface area contributed by atoms with Gasteiger partial charge in [0, 0.05) is 19.5 Å². The molecule has 2 aromatic rings. The molecule has 6 nitrogen and oxygen atoms in total. The van der Waals surface area contributed by atoms with Crippen LogP contribution in [-0.2, 0) is 7.05 Å². The van der Waals surface area contributed by atoms with Crippen molar-refractivity contribution in [2.75, 3.05) is 13.2 Å². The van der Waals surface area contributed by atoms with Crippen LogP contribution in [0.1, 0.15) is 16.9 Å². The van der Waals surface area contributed by atoms with E-state index in [1.807, 2.05) is 0 Å². The summed E-state index contributed by atoms with van der Waals surface area (Å²) in [6.45, 7) is 0.797. The van der Waals surface area contributed by atoms with Crippen molar-refractivity contribution in [1.82, 2.24) is 9.78 Å². The lowest BCUT2D eigenvalue weighted by atomic mass is 10.1. The molecule has 0 aliphatic carbocycles. The van der Waals surface area contributed by atoms with E-state index in [1.165, 1.54) is 23.9 Å². The second-order valence-electron chi connectivity index (χ2n) is 4.77. The first-order valence-corrected chi connectivity index (χ1v) is 6.92. The summed E-state index contributed by atoms with van der Waals surface area (Å²) in [4.78, 5) is 11.0. The van der Waals surface area contributed by atoms with Crippen molar-refractivity contribution in [2.24, 2.45) is 7.05 Å². The standard InChI is InChI=1S/C14H12ClFN2O4/c1-18-9(6-8(17-18)14(19)20)11-12(16)7(15)5-10-13(11)22-4-2-3-21-10/h5-6H,2-4H2,1H3,(H,19,20). The van der Waals surface area contributed by atoms with Gasteiger partial charge in [0.25, 0.3) is 0 Å². The molecule has 0 bridgehead atoms. The fourth-order valence-corrected chi connectivity index (χ4v) is 2.48. The van der Waals surface area contributed by atoms with Crippen molar-refractivity contribution in [3.05, 3.63) is 28.7 Å². The number of aryl methyl sites for hydroxylation is 1. The number of rotatable bonds is 2. The Hall–Kier alpha value is -2.28. The first-order valence-electron chi connectivity index (χ1n) is 6.54. The number of ether oxygens (including phenoxy) is 2. The third-order valence-electron chi connectivity index (χ3n) is 3.29. The Morgan fingerprint density at radius 3 is 2.82 bits per heavy atom. The van der Waals surface area contributed by atoms with Crippen LogP contribution in [-0.4, -0.2) is 34.1 Å². The molecule has 0 saturated heterocycles. The molecule has 22 heavy (non-hydrogen) atoms. The van der Waals surface area contributed by atoms with Crippen molar-refractivity contribution in [3.8, 4) is 22.8 Å². The number of benzene rings is 1. The second-order valence-corrected chi connectivity index (χ2v) is 5.18. The second kappa shape index (κ2) is 5.49. The normalized spacial score (nSPS) is 13.8. The van der Waals surface area contributed by atoms with Gasteiger partial charge in [-0.05, 0) is 6.07 Å². The van der Waals surface area contributed by atoms with Crippen LogP contribution in [0.25, 0.3) is 11.3 Å². The van der Waals surface area contributed by atoms with E-state index in [-0.39, 0.29) is 27.7 Å². The summed E-state index contributed by atoms with van der Waals surface area (Å²) in [6.07, 6.45) is 0.652. The Morgan fingerprint density at radius 1 is 1.41 bits per heavy atom. The molecule has 1 aliphatic rings. The topological polar surface area (TPSA) is 73.6 Å². The van der Waals surface area contributed by atoms with Gasteiger partial charge in [-0.3, -0.25) is 4.68 Å². The number of hydrogen-bond donors (Lipinski definition) is 1. The molecule has 116 valence electrons. The lowest BCUT2D eigenvalue weighted by Crippen LogP contribution is -2.02. The monoisotopic (exact) mass is 326 g/mol. The minimum atomic E-state index is -1.20. The summed E-state index contributed by atoms with van der Waals surface area (Å²) in [5.41, 5.74) is 0.103. The van der Waals surface area contributed by atoms with Gasteiger partial charge in [0.15, 0.2) is 23.0 Å². The average Bonchev–Trinajstić information content (AvgIpc) is 2.70. The van der Waals surface area contributed by atoms with E-state index >= 15 is 0 Å². The Bertz CT molecular complexity index is 760. The van der Waals surface area contributed by atoms with Crippen LogP contribution in [0.3, 0.4) is 0 Å². The predicted octanol–water partition coefficient (Wildman–Crippen LogP) is 2.74. The zero-order chi connectivity index (χ0) is 15.9. The molecular formula is C14H12ClFN2O4. The summed E-state index contributed by atoms with van der Waals surface area (Å²) in [5.74, 6) is -1.37. The van der Waals surface area contributed by atoms with E-state index in [0.29, 0.717) is 25.4 Å². The number of carboxylic acid groups (broad SMARTS) is 1. The highest BCUT2D eigenvalue weighted by atomic mass is 35.5. The Balaban J connectivity index is 2.25. The molecule has 0 spiro atoms. The highest BCUT2D eigenvalue weighted by molar-refractivity contribution is 6.31. The van der Waals surface area contributed by atoms with E-state index in [2.05, 4.69) is 5.10 Å². The van der Waals surface area contributed by atoms with Crippen LogP contribution in [0.15, 0.2) is 12.1 Å². The lowest BCUT2D eigenvalue weighted by molar-refractivity contribution is 0.0689. The van der Waals surface area contributed by atoms with E-state index in [4.69, 9.17) is 26.2 Å². The SMILES string of the molecule is Cn1nc(C(=O)O)cc1-c1c(F)c(Cl)cc2c1OCCCO2. The maximum Gasteiger partial charge on any atom is 0.356 e. The summed E-state index contributed by atoms with van der Waals surface area (Å²) in [5, 5.41) is 12.7. The van der Waals surface area contributed by atoms with Crippen LogP contribution in [0.2, 0.25) is 5.02 Å². The van der Waals surface area contributed by atoms with Crippen molar-refractivity contribution in [1.29, 1.82) is 0 Å². The van der Waals surface area contributed by atoms with Gasteiger partial charge in [-0.25, -0.2) is 9.18 Å². The van der Waals surface area contributed by atoms with Gasteiger partial charge in [-0.2, -0.15) is 5.10 Å². The molecule has 0 amide bonds. The number of aromatic carboxylic acids is 1. The third-order valence-corrected chi connectivity index (χ3v) is 3.56. The van der Waals surface area contributed by atoms with E-state index < -0.39 is 11.8 Å². The highest BCUT2D eigenvalue weighted by Gasteiger charge is 2.26. The maximum atomic E-state index is 14.5. The van der Waals surface area contributed by atoms with Crippen LogP contribution in [0.5, 0.6) is 11.5 Å². The van der Waals surface area contributed by atoms with Crippen molar-refractivity contribution in [3.63, 3.8) is 0 Å². The molecule has 8 heteroatoms. The fourth-order valence-electron chi connectivity index (χ4n) is 2.29. The quantitative estimate of drug-likeness (QED) is 0.918. The van der Waals surface area contributed by atoms with Crippen molar-refractivity contribution >= 4 is 17.6 Å². The van der Waals surface area contributed by atoms with Gasteiger partial charge >= 0.3 is 5.97 Å². The number of nitrogens with zero attached hydrogens (tertiary/aromatic N) is 2. The van der Waals surface area contributed by atoms with E-state index in [0.717, 1.165) is 0 Å². The molecule has 1 aliphatic heterocycles. The van der Waals surface area contributed by atoms with Crippen molar-refractivity contribution in [2.45, 2.75) is 6.42 Å². The molecule has 1 aromatic carbocycles. The zero-order valence-corrected chi connectivity index (χ0v) is 12.4. The van der Waals surface area contributed by atoms with Crippen molar-refractivity contribution < 1.29 is 23.8 Å². The molecule has 0 fully saturated rings. The Morgan fingerprint density at radius 2 is 2.14 bits per heavy atom. The number of aromatic nitrogens is 2. The Labute approximate surface area is 130 Å². The van der Waals surface area contributed by atoms with Crippen LogP contribution in [0.4, 0.5) is 4.39 Å². The molecule has 0 unspecified atom stereocenters. The minimum absolute atomic E-state index is 0.0481. The number of carbonyl (C=O) groups is 1. The molecule has 0 saturated carbocycles. The molecule has 2 heterocycles. The highest BCUT2D eigenvalue weighted by Crippen LogP contribution is 2.44. The van der Waals surface area contributed by atoms with Crippen LogP contribution >= 0.6 is 11.6 Å². The summed E-state index contributed by atoms with van der Waals surface area (Å²) < 4.78 is 26.9. The van der Waals surface area contributed by atoms with E-state index in [9.17, 15) is 9.18 Å². The predicted molar refractivity (Wildman–Crippen MR) is 76.2 cm³/mol. The molecule has 0 atom stereocenters. The molecule has 1 aromatic heterocycles. The molecule has 1 N–H and O–H groups in total. The van der Waals surface area contributed by atoms with Gasteiger partial charge in [0.2, 0.25) is 0 Å². The van der Waals surface area contributed by atoms with Crippen LogP contribution < -0.4 is 9.47 Å². The smallest absolute Gasteiger partial charge is 0.356 e. The van der Waals surface area contributed by atoms with Gasteiger partial charge in [0.05, 0.1) is 29.5 Å². The van der Waals surface area contributed by atoms with Gasteiger partial charge < -0.3 is 14.6 Å². The van der Waals surface area contributed by atoms with Crippen LogP contribution in [0, 0.1) is 5.82 Å². The number of hydrogen-bond acceptors (Lipinski definition) is 4. The Kier molecular flexibility index (Phi) is 3.66. The third kappa shape index (κ3) is 2.37. The van der Waals surface area contributed by atoms with Gasteiger partial charge in [0.1, 0.15) is 0 Å². The molecule has 3 rings (SSSR count). The van der Waals surface area contributed by atoms with Gasteiger partial charge in [-0.1, -0.05) is 11.6 Å². The molecular weight excluding hydrogens is 315 g/mol. The first-order chi connectivity index (χ1) is 10.5. The number of halogens is 2. The minimum Gasteiger partial charge on any atom is -0.489 e. The molecule has 0 radical (unpaired) electrons. The van der Waals surface area contributed by atoms with Gasteiger partial charge in [-0.15, -0.1) is 0 Å². The largest absolute Gasteiger partial charge is 0.489 e. The average molecular weight is 327 g/mol. The first kappa shape index (κ1) is 14.6. The number of fused-ring (bicyclic) bond motifs is 1. The zero-order valence-electron chi connectivity index (χ0n) is 11.6.